The molecule has 0 aliphatic carbocycles. The van der Waals surface area contributed by atoms with Crippen LogP contribution in [0.5, 0.6) is 0 Å². The van der Waals surface area contributed by atoms with E-state index in [-0.39, 0.29) is 6.42 Å². The predicted molar refractivity (Wildman–Crippen MR) is 66.2 cm³/mol. The minimum atomic E-state index is -0.605. The van der Waals surface area contributed by atoms with Crippen LogP contribution in [0.3, 0.4) is 0 Å². The Bertz CT molecular complexity index is 560. The Kier molecular flexibility index (Phi) is 3.89. The summed E-state index contributed by atoms with van der Waals surface area (Å²) in [5.41, 5.74) is 7.01. The molecule has 0 aliphatic rings. The second-order valence-electron chi connectivity index (χ2n) is 3.94. The Morgan fingerprint density at radius 1 is 1.28 bits per heavy atom. The van der Waals surface area contributed by atoms with Crippen molar-refractivity contribution in [1.82, 2.24) is 4.98 Å². The number of rotatable bonds is 3. The third kappa shape index (κ3) is 2.83. The molecule has 18 heavy (non-hydrogen) atoms. The molecule has 1 atom stereocenters. The fourth-order valence-electron chi connectivity index (χ4n) is 1.72. The Morgan fingerprint density at radius 3 is 2.72 bits per heavy atom. The van der Waals surface area contributed by atoms with Crippen LogP contribution < -0.4 is 5.73 Å². The molecule has 0 amide bonds. The van der Waals surface area contributed by atoms with Gasteiger partial charge in [-0.25, -0.2) is 8.78 Å². The van der Waals surface area contributed by atoms with E-state index in [1.165, 1.54) is 18.3 Å². The summed E-state index contributed by atoms with van der Waals surface area (Å²) in [6, 6.07) is 4.67. The van der Waals surface area contributed by atoms with Crippen molar-refractivity contribution >= 4 is 11.6 Å². The van der Waals surface area contributed by atoms with Crippen LogP contribution in [0.25, 0.3) is 0 Å². The molecule has 0 aliphatic heterocycles. The number of nitrogens with two attached hydrogens (primary N) is 1. The summed E-state index contributed by atoms with van der Waals surface area (Å²) in [4.78, 5) is 3.85. The van der Waals surface area contributed by atoms with E-state index in [2.05, 4.69) is 4.98 Å². The van der Waals surface area contributed by atoms with Crippen LogP contribution in [-0.2, 0) is 6.42 Å². The highest BCUT2D eigenvalue weighted by Crippen LogP contribution is 2.24. The lowest BCUT2D eigenvalue weighted by Crippen LogP contribution is -2.14. The van der Waals surface area contributed by atoms with E-state index in [0.717, 1.165) is 6.07 Å². The number of hydrogen-bond donors (Lipinski definition) is 1. The van der Waals surface area contributed by atoms with Crippen molar-refractivity contribution in [1.29, 1.82) is 0 Å². The summed E-state index contributed by atoms with van der Waals surface area (Å²) >= 11 is 5.95. The molecule has 0 radical (unpaired) electrons. The van der Waals surface area contributed by atoms with Gasteiger partial charge < -0.3 is 5.73 Å². The molecular formula is C13H11ClF2N2. The number of nitrogens with zero attached hydrogens (tertiary/aromatic N) is 1. The van der Waals surface area contributed by atoms with Gasteiger partial charge in [-0.1, -0.05) is 17.7 Å². The van der Waals surface area contributed by atoms with Gasteiger partial charge in [-0.15, -0.1) is 0 Å². The molecule has 0 bridgehead atoms. The molecule has 1 unspecified atom stereocenters. The maximum Gasteiger partial charge on any atom is 0.129 e. The SMILES string of the molecule is NC(Cc1ccc(F)cc1F)c1ccncc1Cl. The first-order chi connectivity index (χ1) is 8.58. The Morgan fingerprint density at radius 2 is 2.06 bits per heavy atom. The largest absolute Gasteiger partial charge is 0.324 e. The lowest BCUT2D eigenvalue weighted by molar-refractivity contribution is 0.563. The van der Waals surface area contributed by atoms with Crippen LogP contribution in [0, 0.1) is 11.6 Å². The van der Waals surface area contributed by atoms with Crippen LogP contribution in [0.1, 0.15) is 17.2 Å². The standard InChI is InChI=1S/C13H11ClF2N2/c14-11-7-18-4-3-10(11)13(17)5-8-1-2-9(15)6-12(8)16/h1-4,6-7,13H,5,17H2. The molecule has 0 fully saturated rings. The zero-order valence-corrected chi connectivity index (χ0v) is 10.2. The van der Waals surface area contributed by atoms with Crippen molar-refractivity contribution in [3.8, 4) is 0 Å². The molecular weight excluding hydrogens is 258 g/mol. The van der Waals surface area contributed by atoms with Gasteiger partial charge in [0, 0.05) is 24.5 Å². The Balaban J connectivity index is 2.21. The first-order valence-electron chi connectivity index (χ1n) is 5.37. The lowest BCUT2D eigenvalue weighted by atomic mass is 10.00. The van der Waals surface area contributed by atoms with Gasteiger partial charge in [-0.2, -0.15) is 0 Å². The van der Waals surface area contributed by atoms with E-state index in [9.17, 15) is 8.78 Å². The topological polar surface area (TPSA) is 38.9 Å². The normalized spacial score (nSPS) is 12.4. The average Bonchev–Trinajstić information content (AvgIpc) is 2.33. The summed E-state index contributed by atoms with van der Waals surface area (Å²) in [5.74, 6) is -1.21. The van der Waals surface area contributed by atoms with Gasteiger partial charge in [0.25, 0.3) is 0 Å². The van der Waals surface area contributed by atoms with Gasteiger partial charge in [0.2, 0.25) is 0 Å². The van der Waals surface area contributed by atoms with Crippen molar-refractivity contribution < 1.29 is 8.78 Å². The Hall–Kier alpha value is -1.52. The minimum Gasteiger partial charge on any atom is -0.324 e. The molecule has 2 aromatic rings. The van der Waals surface area contributed by atoms with Crippen LogP contribution in [0.2, 0.25) is 5.02 Å². The number of aromatic nitrogens is 1. The summed E-state index contributed by atoms with van der Waals surface area (Å²) in [6.45, 7) is 0. The summed E-state index contributed by atoms with van der Waals surface area (Å²) in [5, 5.41) is 0.438. The van der Waals surface area contributed by atoms with Gasteiger partial charge >= 0.3 is 0 Å². The van der Waals surface area contributed by atoms with Crippen molar-refractivity contribution in [2.75, 3.05) is 0 Å². The predicted octanol–water partition coefficient (Wildman–Crippen LogP) is 3.26. The van der Waals surface area contributed by atoms with Crippen LogP contribution in [0.15, 0.2) is 36.7 Å². The fourth-order valence-corrected chi connectivity index (χ4v) is 1.98. The molecule has 94 valence electrons. The number of hydrogen-bond acceptors (Lipinski definition) is 2. The first-order valence-corrected chi connectivity index (χ1v) is 5.74. The molecule has 2 rings (SSSR count). The van der Waals surface area contributed by atoms with E-state index in [0.29, 0.717) is 16.1 Å². The summed E-state index contributed by atoms with van der Waals surface area (Å²) in [6.07, 6.45) is 3.30. The van der Waals surface area contributed by atoms with Gasteiger partial charge in [-0.3, -0.25) is 4.98 Å². The molecule has 2 N–H and O–H groups in total. The molecule has 1 aromatic carbocycles. The molecule has 1 aromatic heterocycles. The summed E-state index contributed by atoms with van der Waals surface area (Å²) < 4.78 is 26.3. The second kappa shape index (κ2) is 5.42. The third-order valence-corrected chi connectivity index (χ3v) is 2.97. The highest BCUT2D eigenvalue weighted by atomic mass is 35.5. The Labute approximate surface area is 108 Å². The number of halogens is 3. The van der Waals surface area contributed by atoms with E-state index in [1.807, 2.05) is 0 Å². The highest BCUT2D eigenvalue weighted by Gasteiger charge is 2.13. The summed E-state index contributed by atoms with van der Waals surface area (Å²) in [7, 11) is 0. The van der Waals surface area contributed by atoms with Crippen molar-refractivity contribution in [3.63, 3.8) is 0 Å². The maximum atomic E-state index is 13.5. The van der Waals surface area contributed by atoms with E-state index >= 15 is 0 Å². The van der Waals surface area contributed by atoms with Crippen molar-refractivity contribution in [3.05, 3.63) is 64.4 Å². The van der Waals surface area contributed by atoms with Gasteiger partial charge in [0.05, 0.1) is 5.02 Å². The van der Waals surface area contributed by atoms with Crippen molar-refractivity contribution in [2.24, 2.45) is 5.73 Å². The maximum absolute atomic E-state index is 13.5. The van der Waals surface area contributed by atoms with Crippen molar-refractivity contribution in [2.45, 2.75) is 12.5 Å². The minimum absolute atomic E-state index is 0.246. The second-order valence-corrected chi connectivity index (χ2v) is 4.35. The van der Waals surface area contributed by atoms with E-state index in [1.54, 1.807) is 12.3 Å². The molecule has 1 heterocycles. The van der Waals surface area contributed by atoms with Gasteiger partial charge in [0.1, 0.15) is 11.6 Å². The first kappa shape index (κ1) is 12.9. The molecule has 0 spiro atoms. The number of pyridine rings is 1. The highest BCUT2D eigenvalue weighted by molar-refractivity contribution is 6.31. The average molecular weight is 269 g/mol. The van der Waals surface area contributed by atoms with E-state index < -0.39 is 17.7 Å². The molecule has 0 saturated carbocycles. The third-order valence-electron chi connectivity index (χ3n) is 2.66. The molecule has 5 heteroatoms. The zero-order valence-electron chi connectivity index (χ0n) is 9.41. The lowest BCUT2D eigenvalue weighted by Gasteiger charge is -2.13. The van der Waals surface area contributed by atoms with Gasteiger partial charge in [0.15, 0.2) is 0 Å². The fraction of sp³-hybridized carbons (Fsp3) is 0.154. The van der Waals surface area contributed by atoms with E-state index in [4.69, 9.17) is 17.3 Å². The zero-order chi connectivity index (χ0) is 13.1. The smallest absolute Gasteiger partial charge is 0.129 e. The molecule has 0 saturated heterocycles. The van der Waals surface area contributed by atoms with Crippen LogP contribution in [0.4, 0.5) is 8.78 Å². The number of benzene rings is 1. The molecule has 2 nitrogen and oxygen atoms in total. The van der Waals surface area contributed by atoms with Crippen LogP contribution in [-0.4, -0.2) is 4.98 Å². The quantitative estimate of drug-likeness (QED) is 0.928. The van der Waals surface area contributed by atoms with Crippen LogP contribution >= 0.6 is 11.6 Å². The van der Waals surface area contributed by atoms with Gasteiger partial charge in [-0.05, 0) is 29.7 Å². The monoisotopic (exact) mass is 268 g/mol.